The summed E-state index contributed by atoms with van der Waals surface area (Å²) in [6, 6.07) is 7.27. The van der Waals surface area contributed by atoms with Crippen LogP contribution in [0, 0.1) is 0 Å². The largest absolute Gasteiger partial charge is 0.508 e. The number of carbonyl (C=O) groups excluding carboxylic acids is 1. The Bertz CT molecular complexity index is 457. The van der Waals surface area contributed by atoms with Gasteiger partial charge in [-0.15, -0.1) is 0 Å². The van der Waals surface area contributed by atoms with Crippen LogP contribution in [-0.2, 0) is 4.79 Å². The van der Waals surface area contributed by atoms with Gasteiger partial charge in [-0.2, -0.15) is 0 Å². The Kier molecular flexibility index (Phi) is 3.20. The summed E-state index contributed by atoms with van der Waals surface area (Å²) in [6.07, 6.45) is 0. The van der Waals surface area contributed by atoms with Crippen LogP contribution < -0.4 is 4.90 Å². The number of anilines is 1. The van der Waals surface area contributed by atoms with Crippen molar-refractivity contribution in [3.63, 3.8) is 0 Å². The van der Waals surface area contributed by atoms with Crippen LogP contribution in [-0.4, -0.2) is 41.1 Å². The number of aromatic hydroxyl groups is 1. The lowest BCUT2D eigenvalue weighted by Gasteiger charge is -2.48. The van der Waals surface area contributed by atoms with Crippen molar-refractivity contribution in [3.05, 3.63) is 24.3 Å². The van der Waals surface area contributed by atoms with Crippen LogP contribution in [0.2, 0.25) is 0 Å². The summed E-state index contributed by atoms with van der Waals surface area (Å²) in [4.78, 5) is 15.6. The molecule has 1 amide bonds. The van der Waals surface area contributed by atoms with E-state index in [1.54, 1.807) is 19.1 Å². The maximum Gasteiger partial charge on any atom is 0.219 e. The highest BCUT2D eigenvalue weighted by molar-refractivity contribution is 5.74. The first kappa shape index (κ1) is 12.7. The van der Waals surface area contributed by atoms with E-state index in [4.69, 9.17) is 0 Å². The molecule has 1 aromatic carbocycles. The van der Waals surface area contributed by atoms with Gasteiger partial charge in [-0.05, 0) is 26.0 Å². The lowest BCUT2D eigenvalue weighted by atomic mass is 9.97. The summed E-state index contributed by atoms with van der Waals surface area (Å²) in [5, 5.41) is 9.56. The molecule has 4 heteroatoms. The molecule has 0 spiro atoms. The van der Waals surface area contributed by atoms with E-state index in [1.807, 2.05) is 17.0 Å². The molecule has 0 aliphatic carbocycles. The zero-order valence-electron chi connectivity index (χ0n) is 11.2. The molecule has 1 aliphatic heterocycles. The Labute approximate surface area is 108 Å². The summed E-state index contributed by atoms with van der Waals surface area (Å²) in [5.41, 5.74) is 0.876. The Balaban J connectivity index is 2.23. The third-order valence-corrected chi connectivity index (χ3v) is 3.49. The second-order valence-corrected chi connectivity index (χ2v) is 5.42. The first-order valence-corrected chi connectivity index (χ1v) is 6.22. The van der Waals surface area contributed by atoms with E-state index in [-0.39, 0.29) is 17.2 Å². The summed E-state index contributed by atoms with van der Waals surface area (Å²) in [6.45, 7) is 8.07. The fourth-order valence-corrected chi connectivity index (χ4v) is 2.56. The topological polar surface area (TPSA) is 43.8 Å². The van der Waals surface area contributed by atoms with Crippen molar-refractivity contribution in [2.45, 2.75) is 26.3 Å². The van der Waals surface area contributed by atoms with Gasteiger partial charge in [-0.3, -0.25) is 4.79 Å². The third kappa shape index (κ3) is 2.42. The van der Waals surface area contributed by atoms with E-state index in [0.717, 1.165) is 18.8 Å². The fourth-order valence-electron chi connectivity index (χ4n) is 2.56. The van der Waals surface area contributed by atoms with E-state index >= 15 is 0 Å². The minimum Gasteiger partial charge on any atom is -0.508 e. The lowest BCUT2D eigenvalue weighted by molar-refractivity contribution is -0.130. The predicted octanol–water partition coefficient (Wildman–Crippen LogP) is 1.84. The van der Waals surface area contributed by atoms with E-state index in [0.29, 0.717) is 6.54 Å². The molecule has 98 valence electrons. The van der Waals surface area contributed by atoms with Crippen LogP contribution in [0.3, 0.4) is 0 Å². The highest BCUT2D eigenvalue weighted by atomic mass is 16.3. The maximum atomic E-state index is 11.5. The SMILES string of the molecule is CC(=O)N1CCN(c2cccc(O)c2)C(C)(C)C1. The molecule has 0 bridgehead atoms. The van der Waals surface area contributed by atoms with Gasteiger partial charge in [0.1, 0.15) is 5.75 Å². The number of carbonyl (C=O) groups is 1. The Morgan fingerprint density at radius 1 is 1.33 bits per heavy atom. The number of nitrogens with zero attached hydrogens (tertiary/aromatic N) is 2. The van der Waals surface area contributed by atoms with Crippen LogP contribution in [0.4, 0.5) is 5.69 Å². The zero-order chi connectivity index (χ0) is 13.3. The average Bonchev–Trinajstić information content (AvgIpc) is 2.27. The van der Waals surface area contributed by atoms with Crippen LogP contribution >= 0.6 is 0 Å². The molecule has 1 N–H and O–H groups in total. The van der Waals surface area contributed by atoms with E-state index < -0.39 is 0 Å². The second kappa shape index (κ2) is 4.52. The number of phenolic OH excluding ortho intramolecular Hbond substituents is 1. The number of piperazine rings is 1. The van der Waals surface area contributed by atoms with Gasteiger partial charge in [0.2, 0.25) is 5.91 Å². The molecule has 4 nitrogen and oxygen atoms in total. The van der Waals surface area contributed by atoms with Gasteiger partial charge >= 0.3 is 0 Å². The Morgan fingerprint density at radius 2 is 2.06 bits per heavy atom. The number of hydrogen-bond donors (Lipinski definition) is 1. The summed E-state index contributed by atoms with van der Waals surface area (Å²) >= 11 is 0. The van der Waals surface area contributed by atoms with Gasteiger partial charge in [0.05, 0.1) is 5.54 Å². The molecule has 1 aliphatic rings. The minimum atomic E-state index is -0.127. The van der Waals surface area contributed by atoms with Crippen molar-refractivity contribution >= 4 is 11.6 Å². The van der Waals surface area contributed by atoms with Crippen molar-refractivity contribution in [1.82, 2.24) is 4.90 Å². The van der Waals surface area contributed by atoms with Gasteiger partial charge in [0.15, 0.2) is 0 Å². The van der Waals surface area contributed by atoms with Crippen LogP contribution in [0.1, 0.15) is 20.8 Å². The van der Waals surface area contributed by atoms with Gasteiger partial charge in [0, 0.05) is 38.3 Å². The van der Waals surface area contributed by atoms with Gasteiger partial charge in [-0.25, -0.2) is 0 Å². The number of phenols is 1. The normalized spacial score (nSPS) is 18.8. The van der Waals surface area contributed by atoms with Gasteiger partial charge in [-0.1, -0.05) is 6.07 Å². The van der Waals surface area contributed by atoms with E-state index in [9.17, 15) is 9.90 Å². The van der Waals surface area contributed by atoms with E-state index in [1.165, 1.54) is 0 Å². The van der Waals surface area contributed by atoms with Crippen molar-refractivity contribution in [2.24, 2.45) is 0 Å². The maximum absolute atomic E-state index is 11.5. The van der Waals surface area contributed by atoms with Crippen LogP contribution in [0.25, 0.3) is 0 Å². The average molecular weight is 248 g/mol. The Morgan fingerprint density at radius 3 is 2.61 bits per heavy atom. The smallest absolute Gasteiger partial charge is 0.219 e. The molecule has 1 fully saturated rings. The highest BCUT2D eigenvalue weighted by Gasteiger charge is 2.34. The van der Waals surface area contributed by atoms with Crippen molar-refractivity contribution in [1.29, 1.82) is 0 Å². The molecular weight excluding hydrogens is 228 g/mol. The predicted molar refractivity (Wildman–Crippen MR) is 71.8 cm³/mol. The lowest BCUT2D eigenvalue weighted by Crippen LogP contribution is -2.60. The molecule has 0 radical (unpaired) electrons. The van der Waals surface area contributed by atoms with Crippen LogP contribution in [0.15, 0.2) is 24.3 Å². The first-order chi connectivity index (χ1) is 8.40. The molecule has 2 rings (SSSR count). The molecule has 0 atom stereocenters. The number of benzene rings is 1. The fraction of sp³-hybridized carbons (Fsp3) is 0.500. The molecule has 1 heterocycles. The van der Waals surface area contributed by atoms with Crippen molar-refractivity contribution < 1.29 is 9.90 Å². The molecular formula is C14H20N2O2. The zero-order valence-corrected chi connectivity index (χ0v) is 11.2. The van der Waals surface area contributed by atoms with Crippen LogP contribution in [0.5, 0.6) is 5.75 Å². The van der Waals surface area contributed by atoms with Crippen molar-refractivity contribution in [2.75, 3.05) is 24.5 Å². The molecule has 1 saturated heterocycles. The van der Waals surface area contributed by atoms with Crippen molar-refractivity contribution in [3.8, 4) is 5.75 Å². The minimum absolute atomic E-state index is 0.124. The second-order valence-electron chi connectivity index (χ2n) is 5.42. The number of rotatable bonds is 1. The summed E-state index contributed by atoms with van der Waals surface area (Å²) in [5.74, 6) is 0.399. The van der Waals surface area contributed by atoms with Gasteiger partial charge in [0.25, 0.3) is 0 Å². The molecule has 1 aromatic rings. The molecule has 18 heavy (non-hydrogen) atoms. The molecule has 0 aromatic heterocycles. The highest BCUT2D eigenvalue weighted by Crippen LogP contribution is 2.29. The standard InChI is InChI=1S/C14H20N2O2/c1-11(17)15-7-8-16(14(2,3)10-15)12-5-4-6-13(18)9-12/h4-6,9,18H,7-8,10H2,1-3H3. The van der Waals surface area contributed by atoms with Gasteiger partial charge < -0.3 is 14.9 Å². The summed E-state index contributed by atoms with van der Waals surface area (Å²) < 4.78 is 0. The summed E-state index contributed by atoms with van der Waals surface area (Å²) in [7, 11) is 0. The number of hydrogen-bond acceptors (Lipinski definition) is 3. The quantitative estimate of drug-likeness (QED) is 0.824. The number of amides is 1. The monoisotopic (exact) mass is 248 g/mol. The first-order valence-electron chi connectivity index (χ1n) is 6.22. The Hall–Kier alpha value is -1.71. The van der Waals surface area contributed by atoms with E-state index in [2.05, 4.69) is 18.7 Å². The third-order valence-electron chi connectivity index (χ3n) is 3.49. The molecule has 0 saturated carbocycles. The molecule has 0 unspecified atom stereocenters.